The molecule has 0 aliphatic rings. The molecule has 0 saturated carbocycles. The standard InChI is InChI=1S/C12H12FN3O/c1-2-17-10-6-4-3-5-8(10)11-9(13)7-15-12(14)16-11/h3-7H,2H2,1H3,(H2,14,15,16). The SMILES string of the molecule is CCOc1ccccc1-c1nc(N)ncc1F. The van der Waals surface area contributed by atoms with Crippen molar-refractivity contribution in [2.75, 3.05) is 12.3 Å². The maximum atomic E-state index is 13.6. The molecule has 2 aromatic rings. The molecular weight excluding hydrogens is 221 g/mol. The smallest absolute Gasteiger partial charge is 0.220 e. The molecule has 2 N–H and O–H groups in total. The maximum Gasteiger partial charge on any atom is 0.220 e. The first kappa shape index (κ1) is 11.3. The van der Waals surface area contributed by atoms with Gasteiger partial charge in [-0.15, -0.1) is 0 Å². The Hall–Kier alpha value is -2.17. The fourth-order valence-electron chi connectivity index (χ4n) is 1.51. The van der Waals surface area contributed by atoms with Gasteiger partial charge in [0, 0.05) is 5.56 Å². The zero-order valence-electron chi connectivity index (χ0n) is 9.35. The van der Waals surface area contributed by atoms with Crippen molar-refractivity contribution in [3.8, 4) is 17.0 Å². The van der Waals surface area contributed by atoms with Gasteiger partial charge in [-0.3, -0.25) is 0 Å². The number of nitrogens with zero attached hydrogens (tertiary/aromatic N) is 2. The fourth-order valence-corrected chi connectivity index (χ4v) is 1.51. The summed E-state index contributed by atoms with van der Waals surface area (Å²) in [6, 6.07) is 7.10. The van der Waals surface area contributed by atoms with Crippen molar-refractivity contribution in [2.45, 2.75) is 6.92 Å². The van der Waals surface area contributed by atoms with Gasteiger partial charge in [0.2, 0.25) is 5.95 Å². The lowest BCUT2D eigenvalue weighted by Gasteiger charge is -2.09. The number of ether oxygens (including phenoxy) is 1. The van der Waals surface area contributed by atoms with Gasteiger partial charge in [-0.05, 0) is 19.1 Å². The Kier molecular flexibility index (Phi) is 3.18. The Morgan fingerprint density at radius 3 is 2.88 bits per heavy atom. The van der Waals surface area contributed by atoms with E-state index in [9.17, 15) is 4.39 Å². The summed E-state index contributed by atoms with van der Waals surface area (Å²) < 4.78 is 19.1. The largest absolute Gasteiger partial charge is 0.493 e. The number of anilines is 1. The summed E-state index contributed by atoms with van der Waals surface area (Å²) in [7, 11) is 0. The first-order valence-corrected chi connectivity index (χ1v) is 5.22. The Labute approximate surface area is 98.3 Å². The van der Waals surface area contributed by atoms with E-state index in [4.69, 9.17) is 10.5 Å². The number of nitrogens with two attached hydrogens (primary N) is 1. The van der Waals surface area contributed by atoms with Crippen molar-refractivity contribution < 1.29 is 9.13 Å². The molecule has 0 bridgehead atoms. The van der Waals surface area contributed by atoms with E-state index in [-0.39, 0.29) is 11.6 Å². The Morgan fingerprint density at radius 1 is 1.35 bits per heavy atom. The lowest BCUT2D eigenvalue weighted by molar-refractivity contribution is 0.341. The van der Waals surface area contributed by atoms with Crippen LogP contribution in [0.4, 0.5) is 10.3 Å². The number of rotatable bonds is 3. The molecule has 0 saturated heterocycles. The Balaban J connectivity index is 2.55. The van der Waals surface area contributed by atoms with Crippen molar-refractivity contribution in [3.63, 3.8) is 0 Å². The van der Waals surface area contributed by atoms with Crippen LogP contribution in [-0.2, 0) is 0 Å². The maximum absolute atomic E-state index is 13.6. The number of benzene rings is 1. The van der Waals surface area contributed by atoms with Crippen LogP contribution in [0.15, 0.2) is 30.5 Å². The van der Waals surface area contributed by atoms with Crippen LogP contribution in [0, 0.1) is 5.82 Å². The van der Waals surface area contributed by atoms with Crippen LogP contribution >= 0.6 is 0 Å². The topological polar surface area (TPSA) is 61.0 Å². The lowest BCUT2D eigenvalue weighted by Crippen LogP contribution is -2.01. The van der Waals surface area contributed by atoms with E-state index in [1.807, 2.05) is 13.0 Å². The molecule has 1 heterocycles. The van der Waals surface area contributed by atoms with E-state index in [0.717, 1.165) is 6.20 Å². The summed E-state index contributed by atoms with van der Waals surface area (Å²) in [6.07, 6.45) is 1.06. The molecule has 0 fully saturated rings. The third-order valence-electron chi connectivity index (χ3n) is 2.20. The number of aromatic nitrogens is 2. The Morgan fingerprint density at radius 2 is 2.12 bits per heavy atom. The van der Waals surface area contributed by atoms with E-state index < -0.39 is 5.82 Å². The predicted molar refractivity (Wildman–Crippen MR) is 63.0 cm³/mol. The van der Waals surface area contributed by atoms with Crippen LogP contribution in [0.1, 0.15) is 6.92 Å². The quantitative estimate of drug-likeness (QED) is 0.883. The van der Waals surface area contributed by atoms with Gasteiger partial charge < -0.3 is 10.5 Å². The highest BCUT2D eigenvalue weighted by atomic mass is 19.1. The summed E-state index contributed by atoms with van der Waals surface area (Å²) in [4.78, 5) is 7.49. The summed E-state index contributed by atoms with van der Waals surface area (Å²) in [6.45, 7) is 2.36. The number of nitrogen functional groups attached to an aromatic ring is 1. The van der Waals surface area contributed by atoms with Crippen molar-refractivity contribution in [1.29, 1.82) is 0 Å². The van der Waals surface area contributed by atoms with Gasteiger partial charge in [-0.1, -0.05) is 12.1 Å². The predicted octanol–water partition coefficient (Wildman–Crippen LogP) is 2.26. The highest BCUT2D eigenvalue weighted by Gasteiger charge is 2.12. The van der Waals surface area contributed by atoms with Crippen LogP contribution in [0.3, 0.4) is 0 Å². The molecule has 0 unspecified atom stereocenters. The van der Waals surface area contributed by atoms with Crippen LogP contribution in [0.25, 0.3) is 11.3 Å². The minimum atomic E-state index is -0.522. The lowest BCUT2D eigenvalue weighted by atomic mass is 10.1. The van der Waals surface area contributed by atoms with E-state index in [1.165, 1.54) is 0 Å². The number of hydrogen-bond acceptors (Lipinski definition) is 4. The molecule has 0 spiro atoms. The zero-order chi connectivity index (χ0) is 12.3. The molecular formula is C12H12FN3O. The molecule has 0 amide bonds. The van der Waals surface area contributed by atoms with Gasteiger partial charge in [0.05, 0.1) is 12.8 Å². The van der Waals surface area contributed by atoms with Gasteiger partial charge in [0.25, 0.3) is 0 Å². The van der Waals surface area contributed by atoms with Crippen LogP contribution in [0.5, 0.6) is 5.75 Å². The first-order valence-electron chi connectivity index (χ1n) is 5.22. The van der Waals surface area contributed by atoms with Gasteiger partial charge in [-0.2, -0.15) is 0 Å². The summed E-state index contributed by atoms with van der Waals surface area (Å²) >= 11 is 0. The fraction of sp³-hybridized carbons (Fsp3) is 0.167. The first-order chi connectivity index (χ1) is 8.22. The molecule has 88 valence electrons. The van der Waals surface area contributed by atoms with Crippen molar-refractivity contribution in [3.05, 3.63) is 36.3 Å². The zero-order valence-corrected chi connectivity index (χ0v) is 9.35. The van der Waals surface area contributed by atoms with Crippen molar-refractivity contribution in [2.24, 2.45) is 0 Å². The highest BCUT2D eigenvalue weighted by Crippen LogP contribution is 2.30. The molecule has 2 rings (SSSR count). The third kappa shape index (κ3) is 2.33. The van der Waals surface area contributed by atoms with Gasteiger partial charge >= 0.3 is 0 Å². The molecule has 0 aliphatic heterocycles. The van der Waals surface area contributed by atoms with E-state index >= 15 is 0 Å². The second-order valence-corrected chi connectivity index (χ2v) is 3.35. The van der Waals surface area contributed by atoms with Crippen LogP contribution in [0.2, 0.25) is 0 Å². The van der Waals surface area contributed by atoms with E-state index in [2.05, 4.69) is 9.97 Å². The number of halogens is 1. The average Bonchev–Trinajstić information content (AvgIpc) is 2.34. The van der Waals surface area contributed by atoms with Crippen LogP contribution in [-0.4, -0.2) is 16.6 Å². The molecule has 1 aromatic carbocycles. The highest BCUT2D eigenvalue weighted by molar-refractivity contribution is 5.68. The molecule has 0 atom stereocenters. The summed E-state index contributed by atoms with van der Waals surface area (Å²) in [5.41, 5.74) is 6.18. The molecule has 17 heavy (non-hydrogen) atoms. The number of para-hydroxylation sites is 1. The monoisotopic (exact) mass is 233 g/mol. The van der Waals surface area contributed by atoms with Gasteiger partial charge in [0.1, 0.15) is 11.4 Å². The van der Waals surface area contributed by atoms with Crippen molar-refractivity contribution in [1.82, 2.24) is 9.97 Å². The molecule has 1 aromatic heterocycles. The molecule has 0 aliphatic carbocycles. The van der Waals surface area contributed by atoms with E-state index in [1.54, 1.807) is 18.2 Å². The average molecular weight is 233 g/mol. The Bertz CT molecular complexity index is 531. The van der Waals surface area contributed by atoms with Crippen molar-refractivity contribution >= 4 is 5.95 Å². The normalized spacial score (nSPS) is 10.2. The molecule has 0 radical (unpaired) electrons. The van der Waals surface area contributed by atoms with Crippen LogP contribution < -0.4 is 10.5 Å². The molecule has 4 nitrogen and oxygen atoms in total. The van der Waals surface area contributed by atoms with E-state index in [0.29, 0.717) is 17.9 Å². The summed E-state index contributed by atoms with van der Waals surface area (Å²) in [5.74, 6) is 0.0889. The third-order valence-corrected chi connectivity index (χ3v) is 2.20. The summed E-state index contributed by atoms with van der Waals surface area (Å²) in [5, 5.41) is 0. The molecule has 5 heteroatoms. The second-order valence-electron chi connectivity index (χ2n) is 3.35. The van der Waals surface area contributed by atoms with Gasteiger partial charge in [0.15, 0.2) is 5.82 Å². The van der Waals surface area contributed by atoms with Gasteiger partial charge in [-0.25, -0.2) is 14.4 Å². The minimum Gasteiger partial charge on any atom is -0.493 e. The number of hydrogen-bond donors (Lipinski definition) is 1. The minimum absolute atomic E-state index is 0.0349. The second kappa shape index (κ2) is 4.78.